The molecule has 1 spiro atoms. The Morgan fingerprint density at radius 3 is 3.16 bits per heavy atom. The number of ether oxygens (including phenoxy) is 2. The SMILES string of the molecule is C=CCN1CC[C@@]23c4c5c(Br)cc(OC)c4OC2C(=O)CCC3C1C5. The molecule has 25 heavy (non-hydrogen) atoms. The highest BCUT2D eigenvalue weighted by Crippen LogP contribution is 2.64. The van der Waals surface area contributed by atoms with Crippen molar-refractivity contribution in [1.29, 1.82) is 0 Å². The maximum atomic E-state index is 12.8. The van der Waals surface area contributed by atoms with Gasteiger partial charge < -0.3 is 9.47 Å². The summed E-state index contributed by atoms with van der Waals surface area (Å²) in [6, 6.07) is 2.45. The van der Waals surface area contributed by atoms with Gasteiger partial charge >= 0.3 is 0 Å². The van der Waals surface area contributed by atoms with E-state index in [1.165, 1.54) is 11.1 Å². The summed E-state index contributed by atoms with van der Waals surface area (Å²) in [6.07, 6.45) is 5.22. The number of likely N-dealkylation sites (tertiary alicyclic amines) is 1. The molecule has 2 aliphatic carbocycles. The Labute approximate surface area is 156 Å². The number of hydrogen-bond donors (Lipinski definition) is 0. The summed E-state index contributed by atoms with van der Waals surface area (Å²) in [5.74, 6) is 2.29. The van der Waals surface area contributed by atoms with Crippen LogP contribution in [0.2, 0.25) is 0 Å². The van der Waals surface area contributed by atoms with Crippen LogP contribution in [0.15, 0.2) is 23.2 Å². The fourth-order valence-corrected chi connectivity index (χ4v) is 6.55. The van der Waals surface area contributed by atoms with Gasteiger partial charge in [0.1, 0.15) is 0 Å². The molecule has 0 N–H and O–H groups in total. The first kappa shape index (κ1) is 15.9. The number of Topliss-reactive ketones (excluding diaryl/α,β-unsaturated/α-hetero) is 1. The quantitative estimate of drug-likeness (QED) is 0.726. The number of rotatable bonds is 3. The van der Waals surface area contributed by atoms with E-state index in [-0.39, 0.29) is 17.3 Å². The minimum absolute atomic E-state index is 0.169. The van der Waals surface area contributed by atoms with E-state index in [9.17, 15) is 4.79 Å². The molecule has 4 atom stereocenters. The van der Waals surface area contributed by atoms with Crippen molar-refractivity contribution in [1.82, 2.24) is 4.90 Å². The Balaban J connectivity index is 1.77. The molecular weight excluding hydrogens is 382 g/mol. The Morgan fingerprint density at radius 2 is 2.40 bits per heavy atom. The maximum absolute atomic E-state index is 12.8. The molecule has 2 heterocycles. The van der Waals surface area contributed by atoms with Gasteiger partial charge in [-0.25, -0.2) is 0 Å². The molecule has 1 aromatic carbocycles. The number of benzene rings is 1. The summed E-state index contributed by atoms with van der Waals surface area (Å²) in [7, 11) is 1.67. The standard InChI is InChI=1S/C20H22BrNO3/c1-3-7-22-8-6-20-12-4-5-15(23)19(20)25-18-16(24-2)10-13(21)11(17(18)20)9-14(12)22/h3,10,12,14,19H,1,4-9H2,2H3/t12?,14?,19?,20-/m1/s1. The number of halogens is 1. The van der Waals surface area contributed by atoms with E-state index in [1.807, 2.05) is 12.1 Å². The second-order valence-electron chi connectivity index (χ2n) is 7.70. The lowest BCUT2D eigenvalue weighted by Crippen LogP contribution is -2.66. The molecule has 1 saturated heterocycles. The third-order valence-electron chi connectivity index (χ3n) is 6.87. The highest BCUT2D eigenvalue weighted by atomic mass is 79.9. The molecule has 0 aromatic heterocycles. The molecule has 5 rings (SSSR count). The maximum Gasteiger partial charge on any atom is 0.174 e. The average molecular weight is 404 g/mol. The highest BCUT2D eigenvalue weighted by molar-refractivity contribution is 9.10. The predicted octanol–water partition coefficient (Wildman–Crippen LogP) is 3.25. The Kier molecular flexibility index (Phi) is 3.39. The van der Waals surface area contributed by atoms with Crippen molar-refractivity contribution in [2.45, 2.75) is 43.2 Å². The van der Waals surface area contributed by atoms with E-state index < -0.39 is 0 Å². The van der Waals surface area contributed by atoms with Crippen molar-refractivity contribution in [2.24, 2.45) is 5.92 Å². The van der Waals surface area contributed by atoms with Crippen LogP contribution in [0.4, 0.5) is 0 Å². The monoisotopic (exact) mass is 403 g/mol. The van der Waals surface area contributed by atoms with E-state index in [2.05, 4.69) is 27.4 Å². The molecule has 4 aliphatic rings. The highest BCUT2D eigenvalue weighted by Gasteiger charge is 2.66. The van der Waals surface area contributed by atoms with Crippen LogP contribution >= 0.6 is 15.9 Å². The van der Waals surface area contributed by atoms with Crippen molar-refractivity contribution >= 4 is 21.7 Å². The van der Waals surface area contributed by atoms with Gasteiger partial charge in [-0.3, -0.25) is 9.69 Å². The van der Waals surface area contributed by atoms with Gasteiger partial charge in [0.2, 0.25) is 0 Å². The molecular formula is C20H22BrNO3. The minimum Gasteiger partial charge on any atom is -0.493 e. The summed E-state index contributed by atoms with van der Waals surface area (Å²) in [5.41, 5.74) is 2.40. The van der Waals surface area contributed by atoms with Crippen LogP contribution in [-0.4, -0.2) is 43.0 Å². The molecule has 2 bridgehead atoms. The summed E-state index contributed by atoms with van der Waals surface area (Å²) in [4.78, 5) is 15.4. The van der Waals surface area contributed by atoms with Crippen molar-refractivity contribution in [3.63, 3.8) is 0 Å². The zero-order chi connectivity index (χ0) is 17.3. The zero-order valence-corrected chi connectivity index (χ0v) is 16.0. The molecule has 132 valence electrons. The van der Waals surface area contributed by atoms with Crippen LogP contribution < -0.4 is 9.47 Å². The number of nitrogens with zero attached hydrogens (tertiary/aromatic N) is 1. The van der Waals surface area contributed by atoms with Crippen molar-refractivity contribution in [3.05, 3.63) is 34.3 Å². The summed E-state index contributed by atoms with van der Waals surface area (Å²) < 4.78 is 13.0. The van der Waals surface area contributed by atoms with Gasteiger partial charge in [0.15, 0.2) is 23.4 Å². The van der Waals surface area contributed by atoms with Gasteiger partial charge in [0.05, 0.1) is 7.11 Å². The minimum atomic E-state index is -0.336. The molecule has 1 aromatic rings. The van der Waals surface area contributed by atoms with Gasteiger partial charge in [0, 0.05) is 34.5 Å². The van der Waals surface area contributed by atoms with Crippen molar-refractivity contribution in [3.8, 4) is 11.5 Å². The molecule has 2 aliphatic heterocycles. The van der Waals surface area contributed by atoms with Crippen LogP contribution in [0.5, 0.6) is 11.5 Å². The number of hydrogen-bond acceptors (Lipinski definition) is 4. The van der Waals surface area contributed by atoms with E-state index in [0.29, 0.717) is 18.4 Å². The molecule has 3 unspecified atom stereocenters. The lowest BCUT2D eigenvalue weighted by atomic mass is 9.51. The molecule has 4 nitrogen and oxygen atoms in total. The Morgan fingerprint density at radius 1 is 1.56 bits per heavy atom. The predicted molar refractivity (Wildman–Crippen MR) is 98.4 cm³/mol. The smallest absolute Gasteiger partial charge is 0.174 e. The number of methoxy groups -OCH3 is 1. The number of carbonyl (C=O) groups excluding carboxylic acids is 1. The fourth-order valence-electron chi connectivity index (χ4n) is 5.98. The van der Waals surface area contributed by atoms with Gasteiger partial charge in [-0.15, -0.1) is 6.58 Å². The second kappa shape index (κ2) is 5.34. The summed E-state index contributed by atoms with van der Waals surface area (Å²) in [6.45, 7) is 5.84. The lowest BCUT2D eigenvalue weighted by molar-refractivity contribution is -0.138. The van der Waals surface area contributed by atoms with Gasteiger partial charge in [-0.2, -0.15) is 0 Å². The third-order valence-corrected chi connectivity index (χ3v) is 7.57. The molecule has 2 fully saturated rings. The molecule has 0 amide bonds. The zero-order valence-electron chi connectivity index (χ0n) is 14.4. The van der Waals surface area contributed by atoms with Crippen LogP contribution in [0.25, 0.3) is 0 Å². The Bertz CT molecular complexity index is 792. The number of carbonyl (C=O) groups is 1. The topological polar surface area (TPSA) is 38.8 Å². The van der Waals surface area contributed by atoms with Crippen LogP contribution in [-0.2, 0) is 16.6 Å². The van der Waals surface area contributed by atoms with Crippen LogP contribution in [0.1, 0.15) is 30.4 Å². The number of ketones is 1. The lowest BCUT2D eigenvalue weighted by Gasteiger charge is -2.57. The van der Waals surface area contributed by atoms with Gasteiger partial charge in [-0.1, -0.05) is 22.0 Å². The van der Waals surface area contributed by atoms with E-state index in [4.69, 9.17) is 9.47 Å². The second-order valence-corrected chi connectivity index (χ2v) is 8.55. The molecule has 5 heteroatoms. The first-order valence-corrected chi connectivity index (χ1v) is 9.85. The first-order chi connectivity index (χ1) is 12.1. The van der Waals surface area contributed by atoms with E-state index >= 15 is 0 Å². The average Bonchev–Trinajstić information content (AvgIpc) is 2.95. The molecule has 0 radical (unpaired) electrons. The fraction of sp³-hybridized carbons (Fsp3) is 0.550. The normalized spacial score (nSPS) is 35.1. The van der Waals surface area contributed by atoms with E-state index in [1.54, 1.807) is 7.11 Å². The van der Waals surface area contributed by atoms with E-state index in [0.717, 1.165) is 48.3 Å². The van der Waals surface area contributed by atoms with Crippen molar-refractivity contribution < 1.29 is 14.3 Å². The van der Waals surface area contributed by atoms with Crippen LogP contribution in [0, 0.1) is 5.92 Å². The van der Waals surface area contributed by atoms with Gasteiger partial charge in [0.25, 0.3) is 0 Å². The van der Waals surface area contributed by atoms with Gasteiger partial charge in [-0.05, 0) is 43.4 Å². The largest absolute Gasteiger partial charge is 0.493 e. The number of piperidine rings is 1. The van der Waals surface area contributed by atoms with Crippen molar-refractivity contribution in [2.75, 3.05) is 20.2 Å². The molecule has 1 saturated carbocycles. The Hall–Kier alpha value is -1.33. The first-order valence-electron chi connectivity index (χ1n) is 9.06. The summed E-state index contributed by atoms with van der Waals surface area (Å²) >= 11 is 3.76. The summed E-state index contributed by atoms with van der Waals surface area (Å²) in [5, 5.41) is 0. The third kappa shape index (κ3) is 1.83. The van der Waals surface area contributed by atoms with Crippen LogP contribution in [0.3, 0.4) is 0 Å².